The van der Waals surface area contributed by atoms with Gasteiger partial charge >= 0.3 is 0 Å². The number of rotatable bonds is 1. The molecule has 1 aromatic heterocycles. The minimum atomic E-state index is -0.439. The maximum absolute atomic E-state index is 13.9. The summed E-state index contributed by atoms with van der Waals surface area (Å²) in [5.41, 5.74) is 2.38. The van der Waals surface area contributed by atoms with Crippen LogP contribution in [0.3, 0.4) is 0 Å². The third-order valence-corrected chi connectivity index (χ3v) is 3.64. The Morgan fingerprint density at radius 2 is 1.95 bits per heavy atom. The Morgan fingerprint density at radius 1 is 1.05 bits per heavy atom. The van der Waals surface area contributed by atoms with E-state index in [1.165, 1.54) is 6.07 Å². The van der Waals surface area contributed by atoms with E-state index in [0.29, 0.717) is 6.67 Å². The van der Waals surface area contributed by atoms with E-state index in [9.17, 15) is 8.78 Å². The fourth-order valence-corrected chi connectivity index (χ4v) is 2.74. The minimum absolute atomic E-state index is 0.251. The van der Waals surface area contributed by atoms with Crippen LogP contribution in [0, 0.1) is 11.6 Å². The second-order valence-corrected chi connectivity index (χ2v) is 4.91. The normalized spacial score (nSPS) is 13.6. The van der Waals surface area contributed by atoms with E-state index < -0.39 is 11.6 Å². The van der Waals surface area contributed by atoms with E-state index in [4.69, 9.17) is 0 Å². The molecule has 0 aliphatic carbocycles. The molecular formula is C16H11F2N2+. The first-order valence-corrected chi connectivity index (χ1v) is 6.37. The van der Waals surface area contributed by atoms with Crippen LogP contribution in [-0.4, -0.2) is 15.4 Å². The number of benzene rings is 2. The molecule has 1 aliphatic rings. The lowest BCUT2D eigenvalue weighted by Gasteiger charge is -2.12. The van der Waals surface area contributed by atoms with Crippen LogP contribution in [-0.2, 0) is 6.67 Å². The summed E-state index contributed by atoms with van der Waals surface area (Å²) in [5, 5.41) is 1.15. The van der Waals surface area contributed by atoms with Crippen LogP contribution in [0.1, 0.15) is 5.56 Å². The van der Waals surface area contributed by atoms with Crippen molar-refractivity contribution in [2.45, 2.75) is 6.67 Å². The highest BCUT2D eigenvalue weighted by atomic mass is 19.1. The lowest BCUT2D eigenvalue weighted by molar-refractivity contribution is -0.474. The van der Waals surface area contributed by atoms with Crippen molar-refractivity contribution in [3.05, 3.63) is 65.9 Å². The molecule has 3 aromatic rings. The zero-order valence-corrected chi connectivity index (χ0v) is 10.6. The van der Waals surface area contributed by atoms with E-state index in [1.807, 2.05) is 41.2 Å². The van der Waals surface area contributed by atoms with Gasteiger partial charge in [-0.05, 0) is 24.3 Å². The zero-order valence-electron chi connectivity index (χ0n) is 10.6. The van der Waals surface area contributed by atoms with Crippen molar-refractivity contribution in [1.82, 2.24) is 4.57 Å². The molecule has 4 rings (SSSR count). The predicted molar refractivity (Wildman–Crippen MR) is 73.4 cm³/mol. The summed E-state index contributed by atoms with van der Waals surface area (Å²) < 4.78 is 31.0. The molecule has 20 heavy (non-hydrogen) atoms. The lowest BCUT2D eigenvalue weighted by Crippen LogP contribution is -2.19. The van der Waals surface area contributed by atoms with Crippen LogP contribution >= 0.6 is 0 Å². The highest BCUT2D eigenvalue weighted by molar-refractivity contribution is 5.97. The molecule has 2 heterocycles. The van der Waals surface area contributed by atoms with Crippen molar-refractivity contribution >= 4 is 22.8 Å². The monoisotopic (exact) mass is 269 g/mol. The van der Waals surface area contributed by atoms with Gasteiger partial charge in [0.25, 0.3) is 0 Å². The first-order valence-electron chi connectivity index (χ1n) is 6.37. The van der Waals surface area contributed by atoms with Gasteiger partial charge in [-0.1, -0.05) is 12.1 Å². The Hall–Kier alpha value is -2.49. The molecule has 0 N–H and O–H groups in total. The van der Waals surface area contributed by atoms with Crippen molar-refractivity contribution in [3.63, 3.8) is 0 Å². The summed E-state index contributed by atoms with van der Waals surface area (Å²) in [6.07, 6.45) is 3.82. The van der Waals surface area contributed by atoms with Crippen LogP contribution in [0.15, 0.2) is 48.7 Å². The van der Waals surface area contributed by atoms with Crippen LogP contribution in [0.2, 0.25) is 0 Å². The Morgan fingerprint density at radius 3 is 2.85 bits per heavy atom. The summed E-state index contributed by atoms with van der Waals surface area (Å²) in [7, 11) is 0. The van der Waals surface area contributed by atoms with Gasteiger partial charge in [0.05, 0.1) is 11.1 Å². The summed E-state index contributed by atoms with van der Waals surface area (Å²) in [5.74, 6) is -0.864. The molecule has 2 nitrogen and oxygen atoms in total. The summed E-state index contributed by atoms with van der Waals surface area (Å²) in [6, 6.07) is 11.5. The summed E-state index contributed by atoms with van der Waals surface area (Å²) >= 11 is 0. The Balaban J connectivity index is 1.94. The minimum Gasteiger partial charge on any atom is -0.291 e. The number of nitrogens with zero attached hydrogens (tertiary/aromatic N) is 2. The van der Waals surface area contributed by atoms with Gasteiger partial charge in [0, 0.05) is 17.6 Å². The number of hydrogen-bond donors (Lipinski definition) is 0. The average molecular weight is 269 g/mol. The molecule has 0 unspecified atom stereocenters. The van der Waals surface area contributed by atoms with Crippen molar-refractivity contribution in [3.8, 4) is 0 Å². The third kappa shape index (κ3) is 1.58. The molecule has 0 saturated heterocycles. The van der Waals surface area contributed by atoms with Crippen molar-refractivity contribution in [2.24, 2.45) is 0 Å². The van der Waals surface area contributed by atoms with Gasteiger partial charge in [-0.3, -0.25) is 4.57 Å². The first kappa shape index (κ1) is 11.3. The van der Waals surface area contributed by atoms with Gasteiger partial charge < -0.3 is 0 Å². The standard InChI is InChI=1S/C16H11F2N2/c17-13-4-5-14(18)15(8-13)20-9-12-3-1-2-11-6-7-19(10-20)16(11)12/h1-9H,10H2/q+1. The van der Waals surface area contributed by atoms with E-state index in [0.717, 1.165) is 28.6 Å². The molecule has 2 aromatic carbocycles. The summed E-state index contributed by atoms with van der Waals surface area (Å²) in [6.45, 7) is 0.473. The van der Waals surface area contributed by atoms with Gasteiger partial charge in [-0.2, -0.15) is 8.97 Å². The highest BCUT2D eigenvalue weighted by Gasteiger charge is 2.22. The Kier molecular flexibility index (Phi) is 2.27. The van der Waals surface area contributed by atoms with Crippen molar-refractivity contribution < 1.29 is 13.4 Å². The second-order valence-electron chi connectivity index (χ2n) is 4.91. The fraction of sp³-hybridized carbons (Fsp3) is 0.0625. The molecule has 98 valence electrons. The third-order valence-electron chi connectivity index (χ3n) is 3.64. The Bertz CT molecular complexity index is 862. The summed E-state index contributed by atoms with van der Waals surface area (Å²) in [4.78, 5) is 0. The molecule has 0 fully saturated rings. The molecule has 0 saturated carbocycles. The maximum Gasteiger partial charge on any atom is 0.245 e. The molecule has 0 atom stereocenters. The van der Waals surface area contributed by atoms with Crippen LogP contribution < -0.4 is 0 Å². The largest absolute Gasteiger partial charge is 0.291 e. The van der Waals surface area contributed by atoms with Crippen molar-refractivity contribution in [2.75, 3.05) is 0 Å². The van der Waals surface area contributed by atoms with Crippen molar-refractivity contribution in [1.29, 1.82) is 0 Å². The average Bonchev–Trinajstić information content (AvgIpc) is 2.87. The maximum atomic E-state index is 13.9. The van der Waals surface area contributed by atoms with Crippen LogP contribution in [0.25, 0.3) is 10.9 Å². The predicted octanol–water partition coefficient (Wildman–Crippen LogP) is 3.65. The number of para-hydroxylation sites is 1. The quantitative estimate of drug-likeness (QED) is 0.596. The van der Waals surface area contributed by atoms with Gasteiger partial charge in [-0.15, -0.1) is 0 Å². The molecular weight excluding hydrogens is 258 g/mol. The zero-order chi connectivity index (χ0) is 13.7. The molecule has 0 bridgehead atoms. The van der Waals surface area contributed by atoms with E-state index >= 15 is 0 Å². The molecule has 0 radical (unpaired) electrons. The van der Waals surface area contributed by atoms with E-state index in [-0.39, 0.29) is 5.69 Å². The van der Waals surface area contributed by atoms with Gasteiger partial charge in [0.15, 0.2) is 12.0 Å². The number of aromatic nitrogens is 1. The SMILES string of the molecule is Fc1ccc(F)c([N+]2=Cc3cccc4ccn(c34)C2)c1. The number of hydrogen-bond acceptors (Lipinski definition) is 0. The van der Waals surface area contributed by atoms with E-state index in [2.05, 4.69) is 0 Å². The molecule has 1 aliphatic heterocycles. The molecule has 0 amide bonds. The van der Waals surface area contributed by atoms with E-state index in [1.54, 1.807) is 4.58 Å². The molecule has 4 heteroatoms. The number of halogens is 2. The lowest BCUT2D eigenvalue weighted by atomic mass is 10.1. The highest BCUT2D eigenvalue weighted by Crippen LogP contribution is 2.26. The first-order chi connectivity index (χ1) is 9.72. The van der Waals surface area contributed by atoms with Gasteiger partial charge in [0.1, 0.15) is 5.82 Å². The van der Waals surface area contributed by atoms with Gasteiger partial charge in [0.2, 0.25) is 12.4 Å². The smallest absolute Gasteiger partial charge is 0.245 e. The molecule has 0 spiro atoms. The van der Waals surface area contributed by atoms with Crippen LogP contribution in [0.5, 0.6) is 0 Å². The van der Waals surface area contributed by atoms with Gasteiger partial charge in [-0.25, -0.2) is 4.39 Å². The Labute approximate surface area is 114 Å². The fourth-order valence-electron chi connectivity index (χ4n) is 2.74. The topological polar surface area (TPSA) is 7.94 Å². The van der Waals surface area contributed by atoms with Crippen LogP contribution in [0.4, 0.5) is 14.5 Å². The second kappa shape index (κ2) is 4.00.